The second-order valence-electron chi connectivity index (χ2n) is 9.05. The summed E-state index contributed by atoms with van der Waals surface area (Å²) in [5.41, 5.74) is -4.31. The zero-order valence-electron chi connectivity index (χ0n) is 21.8. The summed E-state index contributed by atoms with van der Waals surface area (Å²) in [7, 11) is 3.28. The summed E-state index contributed by atoms with van der Waals surface area (Å²) >= 11 is 0. The van der Waals surface area contributed by atoms with E-state index in [2.05, 4.69) is 0 Å². The van der Waals surface area contributed by atoms with Gasteiger partial charge in [0.15, 0.2) is 11.5 Å². The van der Waals surface area contributed by atoms with Gasteiger partial charge in [-0.15, -0.1) is 0 Å². The summed E-state index contributed by atoms with van der Waals surface area (Å²) in [6, 6.07) is 0.459. The maximum atomic E-state index is 13.5. The average Bonchev–Trinajstić information content (AvgIpc) is 2.88. The van der Waals surface area contributed by atoms with Gasteiger partial charge in [-0.1, -0.05) is 0 Å². The standard InChI is InChI=1S/C25H23F9N2O5/c1-12-5-17(16-9-19(39-2)20(40-3)10-18(16)36(12)21(37)25(32,33)34)35(22(38)41-4)11-13-6-14(23(26,27)28)8-15(7-13)24(29,30)31/h6-10,12,17H,5,11H2,1-4H3/t12-,17+/m1/s1. The van der Waals surface area contributed by atoms with Gasteiger partial charge in [0.25, 0.3) is 0 Å². The zero-order valence-corrected chi connectivity index (χ0v) is 21.8. The van der Waals surface area contributed by atoms with Gasteiger partial charge in [0, 0.05) is 24.2 Å². The van der Waals surface area contributed by atoms with Crippen LogP contribution in [0.4, 0.5) is 50.0 Å². The van der Waals surface area contributed by atoms with E-state index in [0.717, 1.165) is 18.1 Å². The number of anilines is 1. The molecule has 41 heavy (non-hydrogen) atoms. The van der Waals surface area contributed by atoms with E-state index in [1.807, 2.05) is 0 Å². The predicted molar refractivity (Wildman–Crippen MR) is 124 cm³/mol. The van der Waals surface area contributed by atoms with Crippen molar-refractivity contribution < 1.29 is 63.3 Å². The molecule has 2 amide bonds. The van der Waals surface area contributed by atoms with Crippen LogP contribution >= 0.6 is 0 Å². The lowest BCUT2D eigenvalue weighted by Crippen LogP contribution is -2.51. The first-order valence-electron chi connectivity index (χ1n) is 11.6. The largest absolute Gasteiger partial charge is 0.493 e. The first-order valence-corrected chi connectivity index (χ1v) is 11.6. The molecule has 0 saturated heterocycles. The van der Waals surface area contributed by atoms with E-state index < -0.39 is 72.3 Å². The van der Waals surface area contributed by atoms with E-state index in [0.29, 0.717) is 17.0 Å². The van der Waals surface area contributed by atoms with E-state index in [1.54, 1.807) is 0 Å². The Hall–Kier alpha value is -3.85. The fraction of sp³-hybridized carbons (Fsp3) is 0.440. The van der Waals surface area contributed by atoms with Gasteiger partial charge in [-0.3, -0.25) is 9.69 Å². The highest BCUT2D eigenvalue weighted by Crippen LogP contribution is 2.47. The van der Waals surface area contributed by atoms with Gasteiger partial charge in [0.1, 0.15) is 0 Å². The molecule has 1 heterocycles. The zero-order chi connectivity index (χ0) is 31.1. The first kappa shape index (κ1) is 31.7. The van der Waals surface area contributed by atoms with Crippen molar-refractivity contribution in [3.63, 3.8) is 0 Å². The Labute approximate surface area is 227 Å². The molecule has 0 spiro atoms. The van der Waals surface area contributed by atoms with Crippen LogP contribution in [0.3, 0.4) is 0 Å². The minimum absolute atomic E-state index is 0.0338. The Morgan fingerprint density at radius 3 is 1.80 bits per heavy atom. The van der Waals surface area contributed by atoms with Crippen molar-refractivity contribution in [1.82, 2.24) is 4.90 Å². The molecule has 2 aromatic rings. The van der Waals surface area contributed by atoms with Crippen molar-refractivity contribution in [2.24, 2.45) is 0 Å². The fourth-order valence-electron chi connectivity index (χ4n) is 4.62. The van der Waals surface area contributed by atoms with Crippen molar-refractivity contribution in [2.45, 2.75) is 50.5 Å². The second-order valence-corrected chi connectivity index (χ2v) is 9.05. The van der Waals surface area contributed by atoms with Crippen LogP contribution in [0.1, 0.15) is 41.6 Å². The van der Waals surface area contributed by atoms with Crippen LogP contribution < -0.4 is 14.4 Å². The van der Waals surface area contributed by atoms with E-state index in [4.69, 9.17) is 14.2 Å². The number of alkyl halides is 9. The van der Waals surface area contributed by atoms with Crippen LogP contribution in [0.5, 0.6) is 11.5 Å². The number of benzene rings is 2. The topological polar surface area (TPSA) is 68.3 Å². The highest BCUT2D eigenvalue weighted by molar-refractivity contribution is 5.99. The number of amides is 2. The third-order valence-corrected chi connectivity index (χ3v) is 6.40. The molecule has 3 rings (SSSR count). The summed E-state index contributed by atoms with van der Waals surface area (Å²) < 4.78 is 136. The quantitative estimate of drug-likeness (QED) is 0.355. The van der Waals surface area contributed by atoms with Gasteiger partial charge in [-0.05, 0) is 43.2 Å². The smallest absolute Gasteiger partial charge is 0.471 e. The van der Waals surface area contributed by atoms with Gasteiger partial charge in [-0.2, -0.15) is 39.5 Å². The molecule has 0 aromatic heterocycles. The Balaban J connectivity index is 2.24. The molecule has 0 radical (unpaired) electrons. The molecule has 0 aliphatic carbocycles. The number of halogens is 9. The molecule has 0 unspecified atom stereocenters. The number of nitrogens with zero attached hydrogens (tertiary/aromatic N) is 2. The number of hydrogen-bond donors (Lipinski definition) is 0. The molecule has 16 heteroatoms. The van der Waals surface area contributed by atoms with Gasteiger partial charge >= 0.3 is 30.5 Å². The number of carbonyl (C=O) groups excluding carboxylic acids is 2. The van der Waals surface area contributed by atoms with Gasteiger partial charge < -0.3 is 19.1 Å². The number of ether oxygens (including phenoxy) is 3. The molecule has 0 fully saturated rings. The molecule has 2 atom stereocenters. The van der Waals surface area contributed by atoms with Gasteiger partial charge in [0.2, 0.25) is 0 Å². The number of fused-ring (bicyclic) bond motifs is 1. The number of methoxy groups -OCH3 is 3. The molecule has 0 N–H and O–H groups in total. The Morgan fingerprint density at radius 2 is 1.37 bits per heavy atom. The third kappa shape index (κ3) is 6.56. The van der Waals surface area contributed by atoms with E-state index in [1.165, 1.54) is 27.2 Å². The SMILES string of the molecule is COC(=O)N(Cc1cc(C(F)(F)F)cc(C(F)(F)F)c1)[C@H]1C[C@@H](C)N(C(=O)C(F)(F)F)c2cc(OC)c(OC)cc21. The summed E-state index contributed by atoms with van der Waals surface area (Å²) in [4.78, 5) is 26.5. The van der Waals surface area contributed by atoms with Crippen molar-refractivity contribution >= 4 is 17.7 Å². The number of hydrogen-bond acceptors (Lipinski definition) is 5. The summed E-state index contributed by atoms with van der Waals surface area (Å²) in [6.07, 6.45) is -17.2. The third-order valence-electron chi connectivity index (χ3n) is 6.40. The van der Waals surface area contributed by atoms with E-state index in [9.17, 15) is 49.1 Å². The molecule has 226 valence electrons. The molecule has 7 nitrogen and oxygen atoms in total. The van der Waals surface area contributed by atoms with E-state index >= 15 is 0 Å². The van der Waals surface area contributed by atoms with Crippen molar-refractivity contribution in [3.05, 3.63) is 52.6 Å². The predicted octanol–water partition coefficient (Wildman–Crippen LogP) is 6.74. The summed E-state index contributed by atoms with van der Waals surface area (Å²) in [5.74, 6) is -2.36. The monoisotopic (exact) mass is 602 g/mol. The molecule has 1 aliphatic heterocycles. The minimum atomic E-state index is -5.31. The highest BCUT2D eigenvalue weighted by atomic mass is 19.4. The lowest BCUT2D eigenvalue weighted by molar-refractivity contribution is -0.171. The number of rotatable bonds is 5. The van der Waals surface area contributed by atoms with E-state index in [-0.39, 0.29) is 28.8 Å². The molecule has 1 aliphatic rings. The lowest BCUT2D eigenvalue weighted by atomic mass is 9.89. The molecule has 0 bridgehead atoms. The van der Waals surface area contributed by atoms with Crippen molar-refractivity contribution in [2.75, 3.05) is 26.2 Å². The maximum absolute atomic E-state index is 13.5. The Bertz CT molecular complexity index is 1280. The van der Waals surface area contributed by atoms with Crippen molar-refractivity contribution in [3.8, 4) is 11.5 Å². The second kappa shape index (κ2) is 11.2. The van der Waals surface area contributed by atoms with Crippen LogP contribution in [0.25, 0.3) is 0 Å². The first-order chi connectivity index (χ1) is 18.8. The van der Waals surface area contributed by atoms with Crippen LogP contribution in [0.15, 0.2) is 30.3 Å². The van der Waals surface area contributed by atoms with Crippen molar-refractivity contribution in [1.29, 1.82) is 0 Å². The number of carbonyl (C=O) groups is 2. The molecular weight excluding hydrogens is 579 g/mol. The summed E-state index contributed by atoms with van der Waals surface area (Å²) in [5, 5.41) is 0. The van der Waals surface area contributed by atoms with Crippen LogP contribution in [0.2, 0.25) is 0 Å². The van der Waals surface area contributed by atoms with Gasteiger partial charge in [-0.25, -0.2) is 4.79 Å². The molecule has 0 saturated carbocycles. The highest BCUT2D eigenvalue weighted by Gasteiger charge is 2.49. The summed E-state index contributed by atoms with van der Waals surface area (Å²) in [6.45, 7) is 0.371. The Morgan fingerprint density at radius 1 is 0.854 bits per heavy atom. The van der Waals surface area contributed by atoms with Crippen LogP contribution in [-0.4, -0.2) is 50.4 Å². The average molecular weight is 602 g/mol. The van der Waals surface area contributed by atoms with Crippen LogP contribution in [0, 0.1) is 0 Å². The minimum Gasteiger partial charge on any atom is -0.493 e. The lowest BCUT2D eigenvalue weighted by Gasteiger charge is -2.43. The molecule has 2 aromatic carbocycles. The maximum Gasteiger partial charge on any atom is 0.471 e. The normalized spacial score (nSPS) is 17.5. The van der Waals surface area contributed by atoms with Gasteiger partial charge in [0.05, 0.1) is 44.2 Å². The fourth-order valence-corrected chi connectivity index (χ4v) is 4.62. The molecular formula is C25H23F9N2O5. The Kier molecular flexibility index (Phi) is 8.65. The van der Waals surface area contributed by atoms with Crippen LogP contribution in [-0.2, 0) is 28.4 Å².